The average molecular weight is 263 g/mol. The van der Waals surface area contributed by atoms with Crippen molar-refractivity contribution in [3.05, 3.63) is 33.3 Å². The van der Waals surface area contributed by atoms with E-state index >= 15 is 0 Å². The fraction of sp³-hybridized carbons (Fsp3) is 0.333. The smallest absolute Gasteiger partial charge is 0.145 e. The van der Waals surface area contributed by atoms with Gasteiger partial charge < -0.3 is 10.7 Å². The quantitative estimate of drug-likeness (QED) is 0.583. The van der Waals surface area contributed by atoms with Gasteiger partial charge in [0.1, 0.15) is 17.5 Å². The summed E-state index contributed by atoms with van der Waals surface area (Å²) in [7, 11) is 0. The molecule has 0 aliphatic carbocycles. The molecule has 0 spiro atoms. The van der Waals surface area contributed by atoms with E-state index in [0.29, 0.717) is 11.6 Å². The fourth-order valence-corrected chi connectivity index (χ4v) is 2.64. The van der Waals surface area contributed by atoms with Crippen molar-refractivity contribution in [2.75, 3.05) is 10.7 Å². The molecule has 0 saturated carbocycles. The molecule has 0 saturated heterocycles. The van der Waals surface area contributed by atoms with Crippen LogP contribution in [0.3, 0.4) is 0 Å². The zero-order valence-corrected chi connectivity index (χ0v) is 11.6. The summed E-state index contributed by atoms with van der Waals surface area (Å²) < 4.78 is 0. The number of thiophene rings is 1. The van der Waals surface area contributed by atoms with E-state index in [2.05, 4.69) is 40.6 Å². The number of hydrazine groups is 1. The summed E-state index contributed by atoms with van der Waals surface area (Å²) in [6.07, 6.45) is 0. The second-order valence-electron chi connectivity index (χ2n) is 4.14. The minimum Gasteiger partial charge on any atom is -0.365 e. The largest absolute Gasteiger partial charge is 0.365 e. The monoisotopic (exact) mass is 263 g/mol. The number of aromatic nitrogens is 2. The molecule has 0 fully saturated rings. The van der Waals surface area contributed by atoms with Crippen LogP contribution in [0, 0.1) is 20.8 Å². The van der Waals surface area contributed by atoms with Crippen molar-refractivity contribution < 1.29 is 0 Å². The second kappa shape index (κ2) is 5.32. The van der Waals surface area contributed by atoms with Gasteiger partial charge in [-0.25, -0.2) is 15.8 Å². The minimum atomic E-state index is 0.614. The third kappa shape index (κ3) is 2.96. The van der Waals surface area contributed by atoms with Gasteiger partial charge in [0.25, 0.3) is 0 Å². The van der Waals surface area contributed by atoms with Gasteiger partial charge in [0.2, 0.25) is 0 Å². The minimum absolute atomic E-state index is 0.614. The zero-order valence-electron chi connectivity index (χ0n) is 10.7. The summed E-state index contributed by atoms with van der Waals surface area (Å²) in [5, 5.41) is 3.28. The van der Waals surface area contributed by atoms with Crippen LogP contribution in [-0.4, -0.2) is 9.97 Å². The number of aryl methyl sites for hydroxylation is 3. The Labute approximate surface area is 110 Å². The summed E-state index contributed by atoms with van der Waals surface area (Å²) in [6, 6.07) is 3.99. The molecule has 0 aromatic carbocycles. The molecule has 0 bridgehead atoms. The van der Waals surface area contributed by atoms with Crippen LogP contribution in [-0.2, 0) is 6.54 Å². The molecule has 0 atom stereocenters. The van der Waals surface area contributed by atoms with Crippen molar-refractivity contribution >= 4 is 23.0 Å². The number of hydrogen-bond donors (Lipinski definition) is 3. The maximum atomic E-state index is 5.35. The SMILES string of the molecule is Cc1nc(NN)cc(NCc2cc(C)c(C)s2)n1. The normalized spacial score (nSPS) is 10.4. The molecule has 96 valence electrons. The Hall–Kier alpha value is -1.66. The number of nitrogens with two attached hydrogens (primary N) is 1. The molecule has 0 aliphatic rings. The lowest BCUT2D eigenvalue weighted by Crippen LogP contribution is -2.11. The first-order valence-corrected chi connectivity index (χ1v) is 6.52. The lowest BCUT2D eigenvalue weighted by Gasteiger charge is -2.07. The molecule has 5 nitrogen and oxygen atoms in total. The van der Waals surface area contributed by atoms with E-state index < -0.39 is 0 Å². The first-order valence-electron chi connectivity index (χ1n) is 5.70. The topological polar surface area (TPSA) is 75.9 Å². The molecule has 0 aliphatic heterocycles. The van der Waals surface area contributed by atoms with Crippen LogP contribution in [0.15, 0.2) is 12.1 Å². The predicted molar refractivity (Wildman–Crippen MR) is 75.7 cm³/mol. The molecule has 2 rings (SSSR count). The van der Waals surface area contributed by atoms with Crippen LogP contribution in [0.2, 0.25) is 0 Å². The van der Waals surface area contributed by atoms with E-state index in [0.717, 1.165) is 12.4 Å². The molecule has 0 radical (unpaired) electrons. The molecular weight excluding hydrogens is 246 g/mol. The summed E-state index contributed by atoms with van der Waals surface area (Å²) in [6.45, 7) is 6.86. The van der Waals surface area contributed by atoms with Gasteiger partial charge >= 0.3 is 0 Å². The first-order chi connectivity index (χ1) is 8.58. The number of nitrogens with zero attached hydrogens (tertiary/aromatic N) is 2. The van der Waals surface area contributed by atoms with Crippen LogP contribution < -0.4 is 16.6 Å². The summed E-state index contributed by atoms with van der Waals surface area (Å²) in [5.74, 6) is 7.43. The molecule has 6 heteroatoms. The molecule has 2 aromatic rings. The Kier molecular flexibility index (Phi) is 3.78. The van der Waals surface area contributed by atoms with Gasteiger partial charge in [-0.15, -0.1) is 11.3 Å². The van der Waals surface area contributed by atoms with Gasteiger partial charge in [-0.3, -0.25) is 0 Å². The maximum Gasteiger partial charge on any atom is 0.145 e. The maximum absolute atomic E-state index is 5.35. The molecule has 0 amide bonds. The Morgan fingerprint density at radius 3 is 2.50 bits per heavy atom. The number of rotatable bonds is 4. The highest BCUT2D eigenvalue weighted by molar-refractivity contribution is 7.12. The van der Waals surface area contributed by atoms with Gasteiger partial charge in [0.05, 0.1) is 6.54 Å². The van der Waals surface area contributed by atoms with E-state index in [1.807, 2.05) is 6.92 Å². The Balaban J connectivity index is 2.07. The van der Waals surface area contributed by atoms with Crippen LogP contribution >= 0.6 is 11.3 Å². The molecular formula is C12H17N5S. The number of anilines is 2. The summed E-state index contributed by atoms with van der Waals surface area (Å²) in [5.41, 5.74) is 3.86. The molecule has 4 N–H and O–H groups in total. The summed E-state index contributed by atoms with van der Waals surface area (Å²) >= 11 is 1.80. The van der Waals surface area contributed by atoms with Gasteiger partial charge in [0, 0.05) is 15.8 Å². The van der Waals surface area contributed by atoms with E-state index in [-0.39, 0.29) is 0 Å². The second-order valence-corrected chi connectivity index (χ2v) is 5.48. The van der Waals surface area contributed by atoms with Crippen LogP contribution in [0.5, 0.6) is 0 Å². The zero-order chi connectivity index (χ0) is 13.1. The Bertz CT molecular complexity index is 530. The Morgan fingerprint density at radius 2 is 1.89 bits per heavy atom. The highest BCUT2D eigenvalue weighted by Gasteiger charge is 2.03. The van der Waals surface area contributed by atoms with Crippen molar-refractivity contribution in [1.82, 2.24) is 9.97 Å². The average Bonchev–Trinajstić information content (AvgIpc) is 2.65. The Morgan fingerprint density at radius 1 is 1.17 bits per heavy atom. The highest BCUT2D eigenvalue weighted by Crippen LogP contribution is 2.21. The van der Waals surface area contributed by atoms with Crippen LogP contribution in [0.1, 0.15) is 21.1 Å². The van der Waals surface area contributed by atoms with E-state index in [9.17, 15) is 0 Å². The lowest BCUT2D eigenvalue weighted by atomic mass is 10.3. The third-order valence-corrected chi connectivity index (χ3v) is 3.80. The molecule has 2 heterocycles. The number of nitrogen functional groups attached to an aromatic ring is 1. The van der Waals surface area contributed by atoms with Crippen molar-refractivity contribution in [3.8, 4) is 0 Å². The van der Waals surface area contributed by atoms with Gasteiger partial charge in [-0.05, 0) is 32.4 Å². The number of hydrogen-bond acceptors (Lipinski definition) is 6. The van der Waals surface area contributed by atoms with Crippen molar-refractivity contribution in [3.63, 3.8) is 0 Å². The van der Waals surface area contributed by atoms with E-state index in [4.69, 9.17) is 5.84 Å². The number of nitrogens with one attached hydrogen (secondary N) is 2. The molecule has 0 unspecified atom stereocenters. The van der Waals surface area contributed by atoms with Gasteiger partial charge in [-0.1, -0.05) is 0 Å². The van der Waals surface area contributed by atoms with E-state index in [1.165, 1.54) is 15.3 Å². The van der Waals surface area contributed by atoms with E-state index in [1.54, 1.807) is 17.4 Å². The van der Waals surface area contributed by atoms with Crippen LogP contribution in [0.4, 0.5) is 11.6 Å². The summed E-state index contributed by atoms with van der Waals surface area (Å²) in [4.78, 5) is 11.1. The third-order valence-electron chi connectivity index (χ3n) is 2.65. The van der Waals surface area contributed by atoms with Crippen molar-refractivity contribution in [2.45, 2.75) is 27.3 Å². The first kappa shape index (κ1) is 12.8. The fourth-order valence-electron chi connectivity index (χ4n) is 1.65. The lowest BCUT2D eigenvalue weighted by molar-refractivity contribution is 1.02. The van der Waals surface area contributed by atoms with Gasteiger partial charge in [0.15, 0.2) is 0 Å². The molecule has 2 aromatic heterocycles. The predicted octanol–water partition coefficient (Wildman–Crippen LogP) is 2.36. The highest BCUT2D eigenvalue weighted by atomic mass is 32.1. The standard InChI is InChI=1S/C12H17N5S/c1-7-4-10(18-8(7)2)6-14-11-5-12(17-13)16-9(3)15-11/h4-5H,6,13H2,1-3H3,(H2,14,15,16,17). The van der Waals surface area contributed by atoms with Crippen molar-refractivity contribution in [2.24, 2.45) is 5.84 Å². The molecule has 18 heavy (non-hydrogen) atoms. The van der Waals surface area contributed by atoms with Gasteiger partial charge in [-0.2, -0.15) is 0 Å². The van der Waals surface area contributed by atoms with Crippen LogP contribution in [0.25, 0.3) is 0 Å². The van der Waals surface area contributed by atoms with Crippen molar-refractivity contribution in [1.29, 1.82) is 0 Å².